The van der Waals surface area contributed by atoms with Crippen LogP contribution in [0.3, 0.4) is 0 Å². The summed E-state index contributed by atoms with van der Waals surface area (Å²) in [5.74, 6) is -0.758. The molecule has 0 unspecified atom stereocenters. The molecule has 3 aromatic rings. The zero-order valence-corrected chi connectivity index (χ0v) is 25.7. The molecule has 0 heterocycles. The topological polar surface area (TPSA) is 86.8 Å². The van der Waals surface area contributed by atoms with Gasteiger partial charge in [-0.25, -0.2) is 8.42 Å². The Labute approximate surface area is 243 Å². The number of sulfonamides is 1. The molecule has 2 amide bonds. The summed E-state index contributed by atoms with van der Waals surface area (Å²) in [6, 6.07) is 20.5. The van der Waals surface area contributed by atoms with Crippen LogP contribution < -0.4 is 9.62 Å². The molecule has 0 aliphatic carbocycles. The van der Waals surface area contributed by atoms with E-state index in [0.717, 1.165) is 32.3 Å². The summed E-state index contributed by atoms with van der Waals surface area (Å²) >= 11 is 1.52. The Bertz CT molecular complexity index is 1410. The van der Waals surface area contributed by atoms with Crippen LogP contribution >= 0.6 is 11.8 Å². The molecular formula is C31H39N3O4S2. The van der Waals surface area contributed by atoms with E-state index < -0.39 is 28.5 Å². The van der Waals surface area contributed by atoms with E-state index in [1.54, 1.807) is 43.3 Å². The highest BCUT2D eigenvalue weighted by Crippen LogP contribution is 2.26. The van der Waals surface area contributed by atoms with Crippen LogP contribution in [0.15, 0.2) is 82.6 Å². The predicted octanol–water partition coefficient (Wildman–Crippen LogP) is 5.55. The number of benzene rings is 3. The van der Waals surface area contributed by atoms with E-state index in [4.69, 9.17) is 0 Å². The second-order valence-corrected chi connectivity index (χ2v) is 12.8. The fourth-order valence-electron chi connectivity index (χ4n) is 4.17. The van der Waals surface area contributed by atoms with Crippen LogP contribution in [-0.4, -0.2) is 50.0 Å². The Balaban J connectivity index is 2.02. The van der Waals surface area contributed by atoms with Crippen molar-refractivity contribution in [2.45, 2.75) is 69.5 Å². The van der Waals surface area contributed by atoms with Gasteiger partial charge in [0.25, 0.3) is 10.0 Å². The van der Waals surface area contributed by atoms with Crippen molar-refractivity contribution < 1.29 is 18.0 Å². The molecule has 0 radical (unpaired) electrons. The molecule has 0 aliphatic heterocycles. The molecule has 0 aromatic heterocycles. The molecule has 0 saturated carbocycles. The second kappa shape index (κ2) is 13.9. The van der Waals surface area contributed by atoms with Crippen LogP contribution in [0.1, 0.15) is 43.9 Å². The van der Waals surface area contributed by atoms with E-state index in [1.807, 2.05) is 70.3 Å². The van der Waals surface area contributed by atoms with Crippen molar-refractivity contribution in [3.8, 4) is 0 Å². The number of rotatable bonds is 12. The number of carbonyl (C=O) groups is 2. The number of hydrogen-bond acceptors (Lipinski definition) is 5. The van der Waals surface area contributed by atoms with Crippen LogP contribution in [0.4, 0.5) is 5.69 Å². The van der Waals surface area contributed by atoms with Crippen LogP contribution in [-0.2, 0) is 26.2 Å². The summed E-state index contributed by atoms with van der Waals surface area (Å²) < 4.78 is 29.0. The molecule has 0 bridgehead atoms. The maximum absolute atomic E-state index is 14.0. The lowest BCUT2D eigenvalue weighted by Crippen LogP contribution is -2.52. The lowest BCUT2D eigenvalue weighted by Gasteiger charge is -2.32. The van der Waals surface area contributed by atoms with Gasteiger partial charge in [0.15, 0.2) is 0 Å². The Hall–Kier alpha value is -3.30. The van der Waals surface area contributed by atoms with Crippen molar-refractivity contribution in [3.63, 3.8) is 0 Å². The number of aryl methyl sites for hydroxylation is 2. The second-order valence-electron chi connectivity index (χ2n) is 10.0. The standard InChI is InChI=1S/C31H39N3O4S2/c1-7-24(4)32-31(36)25(5)33(20-26-10-8-9-23(3)19-26)30(35)21-34(27-13-11-22(2)12-14-27)40(37,38)29-17-15-28(39-6)16-18-29/h8-19,24-25H,7,20-21H2,1-6H3,(H,32,36)/t24-,25+/m1/s1. The molecule has 1 N–H and O–H groups in total. The highest BCUT2D eigenvalue weighted by atomic mass is 32.2. The van der Waals surface area contributed by atoms with Gasteiger partial charge in [0.1, 0.15) is 12.6 Å². The zero-order valence-electron chi connectivity index (χ0n) is 24.0. The minimum atomic E-state index is -4.09. The van der Waals surface area contributed by atoms with Crippen LogP contribution in [0.2, 0.25) is 0 Å². The van der Waals surface area contributed by atoms with Crippen molar-refractivity contribution in [3.05, 3.63) is 89.5 Å². The molecule has 3 rings (SSSR count). The molecule has 7 nitrogen and oxygen atoms in total. The molecule has 3 aromatic carbocycles. The highest BCUT2D eigenvalue weighted by Gasteiger charge is 2.32. The van der Waals surface area contributed by atoms with Gasteiger partial charge in [0, 0.05) is 17.5 Å². The van der Waals surface area contributed by atoms with Crippen LogP contribution in [0.5, 0.6) is 0 Å². The van der Waals surface area contributed by atoms with Crippen molar-refractivity contribution >= 4 is 39.3 Å². The first-order valence-electron chi connectivity index (χ1n) is 13.3. The monoisotopic (exact) mass is 581 g/mol. The Morgan fingerprint density at radius 1 is 0.925 bits per heavy atom. The largest absolute Gasteiger partial charge is 0.352 e. The summed E-state index contributed by atoms with van der Waals surface area (Å²) in [5.41, 5.74) is 3.22. The van der Waals surface area contributed by atoms with Gasteiger partial charge in [-0.2, -0.15) is 0 Å². The molecule has 0 aliphatic rings. The van der Waals surface area contributed by atoms with E-state index in [9.17, 15) is 18.0 Å². The normalized spacial score (nSPS) is 12.8. The number of carbonyl (C=O) groups excluding carboxylic acids is 2. The fourth-order valence-corrected chi connectivity index (χ4v) is 5.99. The molecule has 0 fully saturated rings. The average molecular weight is 582 g/mol. The van der Waals surface area contributed by atoms with E-state index in [0.29, 0.717) is 5.69 Å². The number of nitrogens with one attached hydrogen (secondary N) is 1. The van der Waals surface area contributed by atoms with Gasteiger partial charge < -0.3 is 10.2 Å². The highest BCUT2D eigenvalue weighted by molar-refractivity contribution is 7.98. The lowest BCUT2D eigenvalue weighted by atomic mass is 10.1. The molecule has 0 saturated heterocycles. The number of amides is 2. The van der Waals surface area contributed by atoms with Gasteiger partial charge in [-0.15, -0.1) is 11.8 Å². The number of thioether (sulfide) groups is 1. The summed E-state index contributed by atoms with van der Waals surface area (Å²) in [7, 11) is -4.09. The van der Waals surface area contributed by atoms with E-state index in [2.05, 4.69) is 5.32 Å². The van der Waals surface area contributed by atoms with Gasteiger partial charge in [-0.1, -0.05) is 54.4 Å². The first-order chi connectivity index (χ1) is 19.0. The third-order valence-electron chi connectivity index (χ3n) is 6.85. The summed E-state index contributed by atoms with van der Waals surface area (Å²) in [6.07, 6.45) is 2.67. The van der Waals surface area contributed by atoms with Crippen molar-refractivity contribution in [1.82, 2.24) is 10.2 Å². The smallest absolute Gasteiger partial charge is 0.264 e. The number of hydrogen-bond donors (Lipinski definition) is 1. The molecule has 2 atom stereocenters. The summed E-state index contributed by atoms with van der Waals surface area (Å²) in [4.78, 5) is 29.6. The van der Waals surface area contributed by atoms with Gasteiger partial charge in [-0.05, 0) is 82.3 Å². The minimum Gasteiger partial charge on any atom is -0.352 e. The maximum Gasteiger partial charge on any atom is 0.264 e. The average Bonchev–Trinajstić information content (AvgIpc) is 2.94. The first kappa shape index (κ1) is 31.2. The molecule has 214 valence electrons. The van der Waals surface area contributed by atoms with E-state index in [-0.39, 0.29) is 23.4 Å². The quantitative estimate of drug-likeness (QED) is 0.283. The van der Waals surface area contributed by atoms with Crippen molar-refractivity contribution in [1.29, 1.82) is 0 Å². The number of anilines is 1. The Morgan fingerprint density at radius 2 is 1.57 bits per heavy atom. The Morgan fingerprint density at radius 3 is 2.15 bits per heavy atom. The molecular weight excluding hydrogens is 542 g/mol. The third kappa shape index (κ3) is 7.88. The minimum absolute atomic E-state index is 0.0560. The van der Waals surface area contributed by atoms with Crippen molar-refractivity contribution in [2.75, 3.05) is 17.1 Å². The van der Waals surface area contributed by atoms with Gasteiger partial charge in [0.2, 0.25) is 11.8 Å². The fraction of sp³-hybridized carbons (Fsp3) is 0.355. The third-order valence-corrected chi connectivity index (χ3v) is 9.38. The number of nitrogens with zero attached hydrogens (tertiary/aromatic N) is 2. The van der Waals surface area contributed by atoms with Gasteiger partial charge in [-0.3, -0.25) is 13.9 Å². The van der Waals surface area contributed by atoms with E-state index >= 15 is 0 Å². The Kier molecular flexibility index (Phi) is 10.8. The van der Waals surface area contributed by atoms with E-state index in [1.165, 1.54) is 16.7 Å². The molecule has 0 spiro atoms. The predicted molar refractivity (Wildman–Crippen MR) is 163 cm³/mol. The van der Waals surface area contributed by atoms with Gasteiger partial charge in [0.05, 0.1) is 10.6 Å². The molecule has 9 heteroatoms. The molecule has 40 heavy (non-hydrogen) atoms. The SMILES string of the molecule is CC[C@@H](C)NC(=O)[C@H](C)N(Cc1cccc(C)c1)C(=O)CN(c1ccc(C)cc1)S(=O)(=O)c1ccc(SC)cc1. The lowest BCUT2D eigenvalue weighted by molar-refractivity contribution is -0.139. The summed E-state index contributed by atoms with van der Waals surface area (Å²) in [5, 5.41) is 2.95. The van der Waals surface area contributed by atoms with Gasteiger partial charge >= 0.3 is 0 Å². The maximum atomic E-state index is 14.0. The van der Waals surface area contributed by atoms with Crippen molar-refractivity contribution in [2.24, 2.45) is 0 Å². The van der Waals surface area contributed by atoms with Crippen LogP contribution in [0, 0.1) is 13.8 Å². The summed E-state index contributed by atoms with van der Waals surface area (Å²) in [6.45, 7) is 9.14. The first-order valence-corrected chi connectivity index (χ1v) is 16.0. The van der Waals surface area contributed by atoms with Crippen LogP contribution in [0.25, 0.3) is 0 Å². The zero-order chi connectivity index (χ0) is 29.4.